The van der Waals surface area contributed by atoms with Crippen LogP contribution in [0.25, 0.3) is 0 Å². The summed E-state index contributed by atoms with van der Waals surface area (Å²) in [5.41, 5.74) is 3.27. The molecule has 1 N–H and O–H groups in total. The van der Waals surface area contributed by atoms with Gasteiger partial charge in [0.1, 0.15) is 5.75 Å². The van der Waals surface area contributed by atoms with Crippen LogP contribution in [0.4, 0.5) is 5.69 Å². The van der Waals surface area contributed by atoms with Crippen molar-refractivity contribution in [3.05, 3.63) is 59.7 Å². The van der Waals surface area contributed by atoms with Gasteiger partial charge in [-0.3, -0.25) is 9.59 Å². The molecule has 2 atom stereocenters. The van der Waals surface area contributed by atoms with Crippen LogP contribution < -0.4 is 10.1 Å². The predicted octanol–water partition coefficient (Wildman–Crippen LogP) is 3.24. The summed E-state index contributed by atoms with van der Waals surface area (Å²) in [6, 6.07) is 15.6. The molecule has 0 bridgehead atoms. The molecular formula is C22H24N2O3. The van der Waals surface area contributed by atoms with Crippen LogP contribution in [-0.2, 0) is 22.6 Å². The first-order valence-electron chi connectivity index (χ1n) is 9.55. The molecule has 140 valence electrons. The van der Waals surface area contributed by atoms with Crippen molar-refractivity contribution in [3.8, 4) is 5.75 Å². The molecule has 2 amide bonds. The molecule has 4 rings (SSSR count). The van der Waals surface area contributed by atoms with Crippen LogP contribution in [0.15, 0.2) is 48.5 Å². The summed E-state index contributed by atoms with van der Waals surface area (Å²) in [6.45, 7) is 3.93. The molecule has 0 saturated heterocycles. The Morgan fingerprint density at radius 3 is 2.56 bits per heavy atom. The minimum absolute atomic E-state index is 0.0741. The molecule has 5 nitrogen and oxygen atoms in total. The number of benzene rings is 2. The van der Waals surface area contributed by atoms with Crippen molar-refractivity contribution in [2.45, 2.75) is 26.3 Å². The van der Waals surface area contributed by atoms with E-state index in [1.165, 1.54) is 11.1 Å². The fourth-order valence-corrected chi connectivity index (χ4v) is 3.71. The van der Waals surface area contributed by atoms with E-state index in [0.717, 1.165) is 24.4 Å². The molecule has 1 aliphatic heterocycles. The zero-order valence-electron chi connectivity index (χ0n) is 15.5. The first kappa shape index (κ1) is 17.6. The highest BCUT2D eigenvalue weighted by atomic mass is 16.5. The number of nitrogens with zero attached hydrogens (tertiary/aromatic N) is 1. The summed E-state index contributed by atoms with van der Waals surface area (Å²) >= 11 is 0. The van der Waals surface area contributed by atoms with Gasteiger partial charge in [0.05, 0.1) is 18.4 Å². The third-order valence-corrected chi connectivity index (χ3v) is 5.32. The Morgan fingerprint density at radius 1 is 1.07 bits per heavy atom. The van der Waals surface area contributed by atoms with Crippen molar-refractivity contribution in [2.24, 2.45) is 11.8 Å². The highest BCUT2D eigenvalue weighted by molar-refractivity contribution is 5.99. The summed E-state index contributed by atoms with van der Waals surface area (Å²) in [5.74, 6) is 0.408. The van der Waals surface area contributed by atoms with E-state index in [1.807, 2.05) is 48.2 Å². The third kappa shape index (κ3) is 3.82. The van der Waals surface area contributed by atoms with E-state index in [0.29, 0.717) is 19.6 Å². The van der Waals surface area contributed by atoms with Crippen molar-refractivity contribution in [1.29, 1.82) is 0 Å². The zero-order chi connectivity index (χ0) is 18.8. The van der Waals surface area contributed by atoms with Gasteiger partial charge in [-0.25, -0.2) is 0 Å². The van der Waals surface area contributed by atoms with Gasteiger partial charge in [0.25, 0.3) is 0 Å². The van der Waals surface area contributed by atoms with E-state index in [9.17, 15) is 9.59 Å². The number of fused-ring (bicyclic) bond motifs is 1. The van der Waals surface area contributed by atoms with Crippen LogP contribution >= 0.6 is 0 Å². The standard InChI is InChI=1S/C22H24N2O3/c1-2-27-18-9-7-17(8-10-18)23-21(25)19-13-20(19)22(26)24-12-11-15-5-3-4-6-16(15)14-24/h3-10,19-20H,2,11-14H2,1H3,(H,23,25). The molecule has 2 aromatic carbocycles. The Kier molecular flexibility index (Phi) is 4.84. The number of anilines is 1. The number of hydrogen-bond acceptors (Lipinski definition) is 3. The first-order valence-corrected chi connectivity index (χ1v) is 9.55. The second-order valence-electron chi connectivity index (χ2n) is 7.17. The van der Waals surface area contributed by atoms with Gasteiger partial charge in [0.2, 0.25) is 11.8 Å². The van der Waals surface area contributed by atoms with E-state index < -0.39 is 0 Å². The van der Waals surface area contributed by atoms with Crippen LogP contribution in [0.1, 0.15) is 24.5 Å². The van der Waals surface area contributed by atoms with Crippen molar-refractivity contribution < 1.29 is 14.3 Å². The molecule has 0 spiro atoms. The molecule has 5 heteroatoms. The summed E-state index contributed by atoms with van der Waals surface area (Å²) < 4.78 is 5.40. The molecule has 1 aliphatic carbocycles. The van der Waals surface area contributed by atoms with E-state index in [2.05, 4.69) is 17.4 Å². The van der Waals surface area contributed by atoms with Crippen molar-refractivity contribution >= 4 is 17.5 Å². The Labute approximate surface area is 159 Å². The van der Waals surface area contributed by atoms with Gasteiger partial charge in [-0.05, 0) is 55.2 Å². The number of rotatable bonds is 5. The molecule has 0 aromatic heterocycles. The molecule has 2 aliphatic rings. The fourth-order valence-electron chi connectivity index (χ4n) is 3.71. The number of nitrogens with one attached hydrogen (secondary N) is 1. The number of hydrogen-bond donors (Lipinski definition) is 1. The molecule has 27 heavy (non-hydrogen) atoms. The lowest BCUT2D eigenvalue weighted by Crippen LogP contribution is -2.37. The maximum Gasteiger partial charge on any atom is 0.228 e. The smallest absolute Gasteiger partial charge is 0.228 e. The van der Waals surface area contributed by atoms with Gasteiger partial charge in [0, 0.05) is 18.8 Å². The lowest BCUT2D eigenvalue weighted by molar-refractivity contribution is -0.135. The van der Waals surface area contributed by atoms with Crippen LogP contribution in [0, 0.1) is 11.8 Å². The Hall–Kier alpha value is -2.82. The van der Waals surface area contributed by atoms with Crippen molar-refractivity contribution in [1.82, 2.24) is 4.90 Å². The normalized spacial score (nSPS) is 20.6. The Bertz CT molecular complexity index is 847. The van der Waals surface area contributed by atoms with Crippen LogP contribution in [-0.4, -0.2) is 29.9 Å². The monoisotopic (exact) mass is 364 g/mol. The van der Waals surface area contributed by atoms with Crippen LogP contribution in [0.5, 0.6) is 5.75 Å². The van der Waals surface area contributed by atoms with Gasteiger partial charge in [-0.2, -0.15) is 0 Å². The molecule has 1 fully saturated rings. The molecule has 1 saturated carbocycles. The second-order valence-corrected chi connectivity index (χ2v) is 7.17. The lowest BCUT2D eigenvalue weighted by Gasteiger charge is -2.29. The summed E-state index contributed by atoms with van der Waals surface area (Å²) in [5, 5.41) is 2.91. The predicted molar refractivity (Wildman–Crippen MR) is 103 cm³/mol. The van der Waals surface area contributed by atoms with Gasteiger partial charge < -0.3 is 15.0 Å². The minimum atomic E-state index is -0.221. The van der Waals surface area contributed by atoms with Gasteiger partial charge in [-0.15, -0.1) is 0 Å². The van der Waals surface area contributed by atoms with Crippen LogP contribution in [0.3, 0.4) is 0 Å². The molecular weight excluding hydrogens is 340 g/mol. The average Bonchev–Trinajstić information content (AvgIpc) is 3.50. The summed E-state index contributed by atoms with van der Waals surface area (Å²) in [7, 11) is 0. The number of amides is 2. The van der Waals surface area contributed by atoms with Gasteiger partial charge in [0.15, 0.2) is 0 Å². The maximum atomic E-state index is 12.8. The SMILES string of the molecule is CCOc1ccc(NC(=O)C2CC2C(=O)N2CCc3ccccc3C2)cc1. The van der Waals surface area contributed by atoms with E-state index >= 15 is 0 Å². The number of carbonyl (C=O) groups is 2. The third-order valence-electron chi connectivity index (χ3n) is 5.32. The minimum Gasteiger partial charge on any atom is -0.494 e. The van der Waals surface area contributed by atoms with E-state index in [4.69, 9.17) is 4.74 Å². The highest BCUT2D eigenvalue weighted by Gasteiger charge is 2.49. The van der Waals surface area contributed by atoms with Crippen molar-refractivity contribution in [2.75, 3.05) is 18.5 Å². The Balaban J connectivity index is 1.32. The second kappa shape index (κ2) is 7.43. The average molecular weight is 364 g/mol. The topological polar surface area (TPSA) is 58.6 Å². The Morgan fingerprint density at radius 2 is 1.81 bits per heavy atom. The van der Waals surface area contributed by atoms with Crippen LogP contribution in [0.2, 0.25) is 0 Å². The molecule has 2 aromatic rings. The van der Waals surface area contributed by atoms with E-state index in [-0.39, 0.29) is 23.7 Å². The number of ether oxygens (including phenoxy) is 1. The molecule has 0 radical (unpaired) electrons. The first-order chi connectivity index (χ1) is 13.2. The van der Waals surface area contributed by atoms with Gasteiger partial charge >= 0.3 is 0 Å². The van der Waals surface area contributed by atoms with Crippen molar-refractivity contribution in [3.63, 3.8) is 0 Å². The number of carbonyl (C=O) groups excluding carboxylic acids is 2. The molecule has 2 unspecified atom stereocenters. The quantitative estimate of drug-likeness (QED) is 0.886. The maximum absolute atomic E-state index is 12.8. The fraction of sp³-hybridized carbons (Fsp3) is 0.364. The lowest BCUT2D eigenvalue weighted by atomic mass is 9.99. The highest BCUT2D eigenvalue weighted by Crippen LogP contribution is 2.41. The largest absolute Gasteiger partial charge is 0.494 e. The summed E-state index contributed by atoms with van der Waals surface area (Å²) in [6.07, 6.45) is 1.53. The molecule has 1 heterocycles. The van der Waals surface area contributed by atoms with E-state index in [1.54, 1.807) is 0 Å². The summed E-state index contributed by atoms with van der Waals surface area (Å²) in [4.78, 5) is 27.2. The van der Waals surface area contributed by atoms with Gasteiger partial charge in [-0.1, -0.05) is 24.3 Å². The zero-order valence-corrected chi connectivity index (χ0v) is 15.5.